The number of carboxylic acids is 1. The fraction of sp³-hybridized carbons (Fsp3) is 0.875. The summed E-state index contributed by atoms with van der Waals surface area (Å²) in [5.41, 5.74) is -0.834. The predicted molar refractivity (Wildman–Crippen MR) is 78.9 cm³/mol. The van der Waals surface area contributed by atoms with E-state index in [1.54, 1.807) is 0 Å². The summed E-state index contributed by atoms with van der Waals surface area (Å²) < 4.78 is 5.23. The third-order valence-electron chi connectivity index (χ3n) is 5.02. The number of carboxylic acid groups (broad SMARTS) is 1. The van der Waals surface area contributed by atoms with Crippen LogP contribution in [0, 0.1) is 11.3 Å². The first-order valence-electron chi connectivity index (χ1n) is 8.20. The van der Waals surface area contributed by atoms with Gasteiger partial charge in [-0.1, -0.05) is 25.7 Å². The van der Waals surface area contributed by atoms with Crippen LogP contribution in [0.15, 0.2) is 0 Å². The summed E-state index contributed by atoms with van der Waals surface area (Å²) in [6.45, 7) is 1.15. The second-order valence-corrected chi connectivity index (χ2v) is 6.52. The molecule has 1 amide bonds. The largest absolute Gasteiger partial charge is 0.481 e. The van der Waals surface area contributed by atoms with Crippen LogP contribution < -0.4 is 5.32 Å². The summed E-state index contributed by atoms with van der Waals surface area (Å²) in [5.74, 6) is -0.0316. The highest BCUT2D eigenvalue weighted by molar-refractivity contribution is 5.79. The predicted octanol–water partition coefficient (Wildman–Crippen LogP) is 2.34. The molecule has 2 aliphatic rings. The molecule has 1 aliphatic heterocycles. The Morgan fingerprint density at radius 2 is 1.86 bits per heavy atom. The highest BCUT2D eigenvalue weighted by Gasteiger charge is 2.40. The third-order valence-corrected chi connectivity index (χ3v) is 5.02. The van der Waals surface area contributed by atoms with Crippen LogP contribution in [0.25, 0.3) is 0 Å². The monoisotopic (exact) mass is 297 g/mol. The molecule has 0 unspecified atom stereocenters. The summed E-state index contributed by atoms with van der Waals surface area (Å²) in [7, 11) is 0. The second-order valence-electron chi connectivity index (χ2n) is 6.52. The van der Waals surface area contributed by atoms with Gasteiger partial charge in [0, 0.05) is 26.2 Å². The van der Waals surface area contributed by atoms with Gasteiger partial charge in [0.2, 0.25) is 5.91 Å². The van der Waals surface area contributed by atoms with Crippen molar-refractivity contribution in [3.8, 4) is 0 Å². The number of ether oxygens (including phenoxy) is 1. The van der Waals surface area contributed by atoms with Gasteiger partial charge < -0.3 is 15.2 Å². The molecule has 0 bridgehead atoms. The van der Waals surface area contributed by atoms with Gasteiger partial charge in [0.25, 0.3) is 0 Å². The lowest BCUT2D eigenvalue weighted by atomic mass is 9.80. The van der Waals surface area contributed by atoms with Gasteiger partial charge in [-0.25, -0.2) is 0 Å². The first-order chi connectivity index (χ1) is 10.1. The Hall–Kier alpha value is -1.10. The Morgan fingerprint density at radius 3 is 2.48 bits per heavy atom. The van der Waals surface area contributed by atoms with Gasteiger partial charge in [0.1, 0.15) is 0 Å². The Balaban J connectivity index is 1.67. The van der Waals surface area contributed by atoms with E-state index in [4.69, 9.17) is 4.74 Å². The maximum Gasteiger partial charge on any atom is 0.311 e. The molecule has 5 nitrogen and oxygen atoms in total. The van der Waals surface area contributed by atoms with Gasteiger partial charge in [0.15, 0.2) is 0 Å². The fourth-order valence-corrected chi connectivity index (χ4v) is 3.43. The maximum absolute atomic E-state index is 11.9. The molecule has 1 saturated carbocycles. The van der Waals surface area contributed by atoms with E-state index < -0.39 is 11.4 Å². The molecular formula is C16H27NO4. The van der Waals surface area contributed by atoms with E-state index in [0.29, 0.717) is 32.5 Å². The van der Waals surface area contributed by atoms with Crippen LogP contribution in [0.3, 0.4) is 0 Å². The molecule has 1 heterocycles. The van der Waals surface area contributed by atoms with Crippen LogP contribution in [0.5, 0.6) is 0 Å². The zero-order valence-corrected chi connectivity index (χ0v) is 12.7. The molecule has 21 heavy (non-hydrogen) atoms. The summed E-state index contributed by atoms with van der Waals surface area (Å²) in [6.07, 6.45) is 8.80. The van der Waals surface area contributed by atoms with Crippen LogP contribution in [0.2, 0.25) is 0 Å². The van der Waals surface area contributed by atoms with Gasteiger partial charge in [-0.15, -0.1) is 0 Å². The minimum absolute atomic E-state index is 0.0138. The quantitative estimate of drug-likeness (QED) is 0.756. The van der Waals surface area contributed by atoms with Crippen molar-refractivity contribution < 1.29 is 19.4 Å². The fourth-order valence-electron chi connectivity index (χ4n) is 3.43. The standard InChI is InChI=1S/C16H27NO4/c18-14(7-3-6-13-4-1-2-5-13)17-12-16(15(19)20)8-10-21-11-9-16/h13H,1-12H2,(H,17,18)(H,19,20). The smallest absolute Gasteiger partial charge is 0.311 e. The summed E-state index contributed by atoms with van der Waals surface area (Å²) in [6, 6.07) is 0. The first kappa shape index (κ1) is 16.3. The highest BCUT2D eigenvalue weighted by atomic mass is 16.5. The molecule has 0 aromatic rings. The van der Waals surface area contributed by atoms with E-state index in [1.165, 1.54) is 25.7 Å². The zero-order chi connectivity index (χ0) is 15.1. The minimum atomic E-state index is -0.834. The topological polar surface area (TPSA) is 75.6 Å². The number of amides is 1. The van der Waals surface area contributed by atoms with Gasteiger partial charge in [-0.3, -0.25) is 9.59 Å². The Bertz CT molecular complexity index is 357. The number of aliphatic carboxylic acids is 1. The molecule has 2 fully saturated rings. The zero-order valence-electron chi connectivity index (χ0n) is 12.7. The normalized spacial score (nSPS) is 22.1. The molecular weight excluding hydrogens is 270 g/mol. The number of carbonyl (C=O) groups excluding carboxylic acids is 1. The number of carbonyl (C=O) groups is 2. The Morgan fingerprint density at radius 1 is 1.19 bits per heavy atom. The van der Waals surface area contributed by atoms with E-state index >= 15 is 0 Å². The number of rotatable bonds is 7. The lowest BCUT2D eigenvalue weighted by Gasteiger charge is -2.33. The third kappa shape index (κ3) is 4.70. The minimum Gasteiger partial charge on any atom is -0.481 e. The van der Waals surface area contributed by atoms with Crippen molar-refractivity contribution in [3.63, 3.8) is 0 Å². The number of hydrogen-bond acceptors (Lipinski definition) is 3. The van der Waals surface area contributed by atoms with Crippen LogP contribution >= 0.6 is 0 Å². The van der Waals surface area contributed by atoms with Gasteiger partial charge in [-0.2, -0.15) is 0 Å². The average molecular weight is 297 g/mol. The van der Waals surface area contributed by atoms with E-state index in [9.17, 15) is 14.7 Å². The second kappa shape index (κ2) is 7.78. The van der Waals surface area contributed by atoms with Crippen molar-refractivity contribution in [2.75, 3.05) is 19.8 Å². The lowest BCUT2D eigenvalue weighted by Crippen LogP contribution is -2.46. The summed E-state index contributed by atoms with van der Waals surface area (Å²) >= 11 is 0. The molecule has 5 heteroatoms. The maximum atomic E-state index is 11.9. The van der Waals surface area contributed by atoms with E-state index in [0.717, 1.165) is 18.8 Å². The van der Waals surface area contributed by atoms with Crippen molar-refractivity contribution in [1.29, 1.82) is 0 Å². The molecule has 1 saturated heterocycles. The van der Waals surface area contributed by atoms with E-state index in [2.05, 4.69) is 5.32 Å². The van der Waals surface area contributed by atoms with Crippen molar-refractivity contribution in [1.82, 2.24) is 5.32 Å². The van der Waals surface area contributed by atoms with Gasteiger partial charge in [-0.05, 0) is 31.6 Å². The summed E-state index contributed by atoms with van der Waals surface area (Å²) in [5, 5.41) is 12.2. The van der Waals surface area contributed by atoms with Crippen molar-refractivity contribution in [2.45, 2.75) is 57.8 Å². The van der Waals surface area contributed by atoms with Crippen LogP contribution in [-0.4, -0.2) is 36.7 Å². The van der Waals surface area contributed by atoms with Crippen LogP contribution in [0.1, 0.15) is 57.8 Å². The molecule has 2 rings (SSSR count). The van der Waals surface area contributed by atoms with Crippen LogP contribution in [-0.2, 0) is 14.3 Å². The lowest BCUT2D eigenvalue weighted by molar-refractivity contribution is -0.154. The van der Waals surface area contributed by atoms with Gasteiger partial charge in [0.05, 0.1) is 5.41 Å². The molecule has 120 valence electrons. The van der Waals surface area contributed by atoms with Crippen molar-refractivity contribution >= 4 is 11.9 Å². The number of nitrogens with one attached hydrogen (secondary N) is 1. The SMILES string of the molecule is O=C(CCCC1CCCC1)NCC1(C(=O)O)CCOCC1. The van der Waals surface area contributed by atoms with Crippen molar-refractivity contribution in [2.24, 2.45) is 11.3 Å². The van der Waals surface area contributed by atoms with E-state index in [-0.39, 0.29) is 12.5 Å². The van der Waals surface area contributed by atoms with E-state index in [1.807, 2.05) is 0 Å². The van der Waals surface area contributed by atoms with Crippen molar-refractivity contribution in [3.05, 3.63) is 0 Å². The highest BCUT2D eigenvalue weighted by Crippen LogP contribution is 2.30. The van der Waals surface area contributed by atoms with Crippen LogP contribution in [0.4, 0.5) is 0 Å². The molecule has 0 radical (unpaired) electrons. The molecule has 0 aromatic heterocycles. The molecule has 0 spiro atoms. The molecule has 0 aromatic carbocycles. The summed E-state index contributed by atoms with van der Waals surface area (Å²) in [4.78, 5) is 23.4. The Kier molecular flexibility index (Phi) is 6.03. The molecule has 2 N–H and O–H groups in total. The number of hydrogen-bond donors (Lipinski definition) is 2. The first-order valence-corrected chi connectivity index (χ1v) is 8.20. The molecule has 0 atom stereocenters. The Labute approximate surface area is 126 Å². The molecule has 1 aliphatic carbocycles. The van der Waals surface area contributed by atoms with Gasteiger partial charge >= 0.3 is 5.97 Å². The average Bonchev–Trinajstić information content (AvgIpc) is 2.99.